The first-order chi connectivity index (χ1) is 9.40. The van der Waals surface area contributed by atoms with E-state index in [0.29, 0.717) is 0 Å². The van der Waals surface area contributed by atoms with Crippen LogP contribution in [0.1, 0.15) is 30.5 Å². The maximum absolute atomic E-state index is 4.44. The van der Waals surface area contributed by atoms with Crippen LogP contribution in [0.2, 0.25) is 0 Å². The van der Waals surface area contributed by atoms with Crippen LogP contribution < -0.4 is 5.32 Å². The molecular weight excluding hydrogens is 312 g/mol. The van der Waals surface area contributed by atoms with Gasteiger partial charge in [-0.25, -0.2) is 4.98 Å². The maximum Gasteiger partial charge on any atom is 0.128 e. The minimum absolute atomic E-state index is 0.0620. The molecule has 1 heterocycles. The summed E-state index contributed by atoms with van der Waals surface area (Å²) < 4.78 is 1.01. The number of pyridine rings is 1. The Morgan fingerprint density at radius 3 is 2.50 bits per heavy atom. The van der Waals surface area contributed by atoms with E-state index in [0.717, 1.165) is 22.4 Å². The van der Waals surface area contributed by atoms with E-state index < -0.39 is 0 Å². The molecule has 0 aliphatic heterocycles. The van der Waals surface area contributed by atoms with Crippen molar-refractivity contribution in [1.82, 2.24) is 4.98 Å². The van der Waals surface area contributed by atoms with Crippen LogP contribution in [0.5, 0.6) is 0 Å². The summed E-state index contributed by atoms with van der Waals surface area (Å²) in [6.45, 7) is 9.61. The molecule has 0 amide bonds. The smallest absolute Gasteiger partial charge is 0.128 e. The Morgan fingerprint density at radius 2 is 1.85 bits per heavy atom. The van der Waals surface area contributed by atoms with E-state index in [-0.39, 0.29) is 5.41 Å². The largest absolute Gasteiger partial charge is 0.369 e. The molecule has 0 fully saturated rings. The number of aromatic nitrogens is 1. The van der Waals surface area contributed by atoms with Crippen LogP contribution in [-0.2, 0) is 5.41 Å². The number of rotatable bonds is 4. The van der Waals surface area contributed by atoms with Crippen LogP contribution >= 0.6 is 15.9 Å². The molecule has 0 unspecified atom stereocenters. The molecular formula is C17H21BrN2. The van der Waals surface area contributed by atoms with Crippen LogP contribution in [0.15, 0.2) is 41.0 Å². The van der Waals surface area contributed by atoms with Crippen molar-refractivity contribution in [3.05, 3.63) is 57.7 Å². The molecule has 0 spiro atoms. The lowest BCUT2D eigenvalue weighted by molar-refractivity contribution is 0.552. The molecule has 0 aliphatic rings. The topological polar surface area (TPSA) is 24.9 Å². The molecule has 3 heteroatoms. The van der Waals surface area contributed by atoms with Crippen molar-refractivity contribution in [2.75, 3.05) is 11.9 Å². The molecule has 20 heavy (non-hydrogen) atoms. The van der Waals surface area contributed by atoms with E-state index >= 15 is 0 Å². The monoisotopic (exact) mass is 332 g/mol. The number of halogens is 1. The van der Waals surface area contributed by atoms with Crippen LogP contribution in [0.4, 0.5) is 5.82 Å². The molecule has 2 rings (SSSR count). The second-order valence-electron chi connectivity index (χ2n) is 5.87. The molecule has 0 aliphatic carbocycles. The van der Waals surface area contributed by atoms with Crippen molar-refractivity contribution >= 4 is 21.7 Å². The Morgan fingerprint density at radius 1 is 1.15 bits per heavy atom. The van der Waals surface area contributed by atoms with Gasteiger partial charge in [0.15, 0.2) is 0 Å². The summed E-state index contributed by atoms with van der Waals surface area (Å²) in [5, 5.41) is 3.47. The standard InChI is InChI=1S/C17H21BrN2/c1-12-7-5-6-8-15(12)17(3,4)11-20-16-13(2)9-14(18)10-19-16/h5-10H,11H2,1-4H3,(H,19,20). The minimum atomic E-state index is 0.0620. The average molecular weight is 333 g/mol. The third-order valence-corrected chi connectivity index (χ3v) is 4.05. The summed E-state index contributed by atoms with van der Waals surface area (Å²) in [5.41, 5.74) is 3.93. The first-order valence-corrected chi connectivity index (χ1v) is 7.61. The van der Waals surface area contributed by atoms with Crippen LogP contribution in [-0.4, -0.2) is 11.5 Å². The van der Waals surface area contributed by atoms with Crippen molar-refractivity contribution < 1.29 is 0 Å². The molecule has 0 saturated carbocycles. The van der Waals surface area contributed by atoms with E-state index in [1.807, 2.05) is 6.20 Å². The van der Waals surface area contributed by atoms with E-state index in [1.54, 1.807) is 0 Å². The predicted octanol–water partition coefficient (Wildman–Crippen LogP) is 4.85. The van der Waals surface area contributed by atoms with Crippen LogP contribution in [0.3, 0.4) is 0 Å². The second-order valence-corrected chi connectivity index (χ2v) is 6.79. The molecule has 2 nitrogen and oxygen atoms in total. The van der Waals surface area contributed by atoms with Crippen molar-refractivity contribution in [3.8, 4) is 0 Å². The van der Waals surface area contributed by atoms with E-state index in [2.05, 4.69) is 84.3 Å². The van der Waals surface area contributed by atoms with Gasteiger partial charge in [0.1, 0.15) is 5.82 Å². The normalized spacial score (nSPS) is 11.4. The summed E-state index contributed by atoms with van der Waals surface area (Å²) in [6.07, 6.45) is 1.83. The zero-order valence-electron chi connectivity index (χ0n) is 12.5. The number of benzene rings is 1. The van der Waals surface area contributed by atoms with Crippen LogP contribution in [0.25, 0.3) is 0 Å². The minimum Gasteiger partial charge on any atom is -0.369 e. The number of nitrogens with zero attached hydrogens (tertiary/aromatic N) is 1. The molecule has 0 bridgehead atoms. The van der Waals surface area contributed by atoms with E-state index in [1.165, 1.54) is 11.1 Å². The number of nitrogens with one attached hydrogen (secondary N) is 1. The molecule has 2 aromatic rings. The Hall–Kier alpha value is -1.35. The van der Waals surface area contributed by atoms with Crippen molar-refractivity contribution in [2.24, 2.45) is 0 Å². The van der Waals surface area contributed by atoms with Gasteiger partial charge in [-0.1, -0.05) is 38.1 Å². The highest BCUT2D eigenvalue weighted by Gasteiger charge is 2.22. The second kappa shape index (κ2) is 5.96. The van der Waals surface area contributed by atoms with Gasteiger partial charge in [0.05, 0.1) is 0 Å². The maximum atomic E-state index is 4.44. The number of aryl methyl sites for hydroxylation is 2. The Bertz CT molecular complexity index is 606. The van der Waals surface area contributed by atoms with Gasteiger partial charge in [0.2, 0.25) is 0 Å². The summed E-state index contributed by atoms with van der Waals surface area (Å²) in [7, 11) is 0. The van der Waals surface area contributed by atoms with Gasteiger partial charge in [-0.05, 0) is 52.5 Å². The molecule has 1 aromatic carbocycles. The van der Waals surface area contributed by atoms with Gasteiger partial charge >= 0.3 is 0 Å². The van der Waals surface area contributed by atoms with Gasteiger partial charge in [0, 0.05) is 22.6 Å². The quantitative estimate of drug-likeness (QED) is 0.865. The molecule has 0 saturated heterocycles. The Kier molecular flexibility index (Phi) is 4.48. The zero-order chi connectivity index (χ0) is 14.8. The summed E-state index contributed by atoms with van der Waals surface area (Å²) >= 11 is 3.44. The van der Waals surface area contributed by atoms with Crippen molar-refractivity contribution in [1.29, 1.82) is 0 Å². The molecule has 1 N–H and O–H groups in total. The third kappa shape index (κ3) is 3.40. The van der Waals surface area contributed by atoms with Crippen molar-refractivity contribution in [3.63, 3.8) is 0 Å². The molecule has 1 aromatic heterocycles. The summed E-state index contributed by atoms with van der Waals surface area (Å²) in [4.78, 5) is 4.44. The van der Waals surface area contributed by atoms with E-state index in [9.17, 15) is 0 Å². The highest BCUT2D eigenvalue weighted by Crippen LogP contribution is 2.27. The van der Waals surface area contributed by atoms with Gasteiger partial charge in [-0.15, -0.1) is 0 Å². The highest BCUT2D eigenvalue weighted by atomic mass is 79.9. The fraction of sp³-hybridized carbons (Fsp3) is 0.353. The number of anilines is 1. The lowest BCUT2D eigenvalue weighted by Crippen LogP contribution is -2.29. The zero-order valence-corrected chi connectivity index (χ0v) is 14.1. The Labute approximate surface area is 129 Å². The van der Waals surface area contributed by atoms with Gasteiger partial charge in [-0.3, -0.25) is 0 Å². The number of hydrogen-bond donors (Lipinski definition) is 1. The fourth-order valence-electron chi connectivity index (χ4n) is 2.46. The third-order valence-electron chi connectivity index (χ3n) is 3.62. The fourth-order valence-corrected chi connectivity index (χ4v) is 2.90. The van der Waals surface area contributed by atoms with Gasteiger partial charge in [0.25, 0.3) is 0 Å². The summed E-state index contributed by atoms with van der Waals surface area (Å²) in [5.74, 6) is 0.954. The van der Waals surface area contributed by atoms with Crippen LogP contribution in [0, 0.1) is 13.8 Å². The van der Waals surface area contributed by atoms with Gasteiger partial charge < -0.3 is 5.32 Å². The molecule has 0 atom stereocenters. The SMILES string of the molecule is Cc1ccccc1C(C)(C)CNc1ncc(Br)cc1C. The summed E-state index contributed by atoms with van der Waals surface area (Å²) in [6, 6.07) is 10.6. The molecule has 0 radical (unpaired) electrons. The first-order valence-electron chi connectivity index (χ1n) is 6.82. The lowest BCUT2D eigenvalue weighted by atomic mass is 9.82. The van der Waals surface area contributed by atoms with E-state index in [4.69, 9.17) is 0 Å². The lowest BCUT2D eigenvalue weighted by Gasteiger charge is -2.28. The predicted molar refractivity (Wildman–Crippen MR) is 89.4 cm³/mol. The average Bonchev–Trinajstić information content (AvgIpc) is 2.38. The Balaban J connectivity index is 2.15. The van der Waals surface area contributed by atoms with Gasteiger partial charge in [-0.2, -0.15) is 0 Å². The highest BCUT2D eigenvalue weighted by molar-refractivity contribution is 9.10. The van der Waals surface area contributed by atoms with Crippen molar-refractivity contribution in [2.45, 2.75) is 33.1 Å². The molecule has 106 valence electrons. The number of hydrogen-bond acceptors (Lipinski definition) is 2. The first kappa shape index (κ1) is 15.0.